The van der Waals surface area contributed by atoms with Gasteiger partial charge in [0.25, 0.3) is 0 Å². The van der Waals surface area contributed by atoms with Gasteiger partial charge in [-0.05, 0) is 17.7 Å². The first-order valence-corrected chi connectivity index (χ1v) is 6.05. The van der Waals surface area contributed by atoms with Crippen LogP contribution in [0.1, 0.15) is 5.56 Å². The molecule has 0 atom stereocenters. The van der Waals surface area contributed by atoms with Crippen LogP contribution in [0.15, 0.2) is 17.5 Å². The minimum absolute atomic E-state index is 0.270. The average Bonchev–Trinajstić information content (AvgIpc) is 2.48. The lowest BCUT2D eigenvalue weighted by Crippen LogP contribution is -1.76. The van der Waals surface area contributed by atoms with Crippen molar-refractivity contribution in [3.8, 4) is 5.75 Å². The van der Waals surface area contributed by atoms with Crippen molar-refractivity contribution in [3.63, 3.8) is 0 Å². The number of hydrogen-bond acceptors (Lipinski definition) is 2. The van der Waals surface area contributed by atoms with E-state index in [2.05, 4.69) is 15.9 Å². The lowest BCUT2D eigenvalue weighted by molar-refractivity contribution is 0.484. The zero-order valence-corrected chi connectivity index (χ0v) is 9.71. The molecule has 2 aromatic rings. The minimum atomic E-state index is 0.270. The molecule has 68 valence electrons. The summed E-state index contributed by atoms with van der Waals surface area (Å²) >= 11 is 10.9. The van der Waals surface area contributed by atoms with Gasteiger partial charge >= 0.3 is 0 Å². The fraction of sp³-hybridized carbons (Fsp3) is 0.111. The van der Waals surface area contributed by atoms with Crippen molar-refractivity contribution < 1.29 is 5.11 Å². The Bertz CT molecular complexity index is 452. The fourth-order valence-electron chi connectivity index (χ4n) is 1.23. The van der Waals surface area contributed by atoms with E-state index in [1.54, 1.807) is 5.38 Å². The molecule has 13 heavy (non-hydrogen) atoms. The molecule has 4 heteroatoms. The predicted octanol–water partition coefficient (Wildman–Crippen LogP) is 4.16. The molecule has 0 amide bonds. The van der Waals surface area contributed by atoms with Crippen molar-refractivity contribution in [2.45, 2.75) is 5.33 Å². The number of aromatic hydroxyl groups is 1. The maximum atomic E-state index is 9.47. The number of halogens is 2. The molecule has 1 aromatic heterocycles. The second-order valence-corrected chi connectivity index (χ2v) is 4.58. The topological polar surface area (TPSA) is 20.2 Å². The number of hydrogen-bond donors (Lipinski definition) is 1. The highest BCUT2D eigenvalue weighted by molar-refractivity contribution is 9.08. The third kappa shape index (κ3) is 1.56. The molecule has 0 aliphatic carbocycles. The summed E-state index contributed by atoms with van der Waals surface area (Å²) in [5.74, 6) is 0.270. The Balaban J connectivity index is 2.79. The highest BCUT2D eigenvalue weighted by Gasteiger charge is 2.07. The highest BCUT2D eigenvalue weighted by atomic mass is 79.9. The molecule has 0 aliphatic rings. The van der Waals surface area contributed by atoms with Crippen LogP contribution in [0.4, 0.5) is 0 Å². The van der Waals surface area contributed by atoms with E-state index in [-0.39, 0.29) is 5.75 Å². The fourth-order valence-corrected chi connectivity index (χ4v) is 2.86. The number of benzene rings is 1. The Morgan fingerprint density at radius 1 is 1.46 bits per heavy atom. The zero-order valence-electron chi connectivity index (χ0n) is 6.55. The SMILES string of the molecule is Oc1csc2cc(CBr)cc(Cl)c12. The Hall–Kier alpha value is -0.250. The van der Waals surface area contributed by atoms with E-state index < -0.39 is 0 Å². The Labute approximate surface area is 93.1 Å². The van der Waals surface area contributed by atoms with Crippen molar-refractivity contribution in [1.82, 2.24) is 0 Å². The largest absolute Gasteiger partial charge is 0.506 e. The van der Waals surface area contributed by atoms with Crippen LogP contribution in [0.25, 0.3) is 10.1 Å². The summed E-state index contributed by atoms with van der Waals surface area (Å²) in [7, 11) is 0. The van der Waals surface area contributed by atoms with Gasteiger partial charge in [0.15, 0.2) is 0 Å². The van der Waals surface area contributed by atoms with Gasteiger partial charge < -0.3 is 5.11 Å². The number of alkyl halides is 1. The van der Waals surface area contributed by atoms with Gasteiger partial charge in [0.05, 0.1) is 10.4 Å². The molecule has 1 nitrogen and oxygen atoms in total. The van der Waals surface area contributed by atoms with Crippen LogP contribution in [-0.4, -0.2) is 5.11 Å². The van der Waals surface area contributed by atoms with E-state index in [1.165, 1.54) is 11.3 Å². The zero-order chi connectivity index (χ0) is 9.42. The van der Waals surface area contributed by atoms with E-state index in [0.717, 1.165) is 21.0 Å². The van der Waals surface area contributed by atoms with E-state index in [4.69, 9.17) is 11.6 Å². The lowest BCUT2D eigenvalue weighted by atomic mass is 10.2. The molecule has 1 heterocycles. The normalized spacial score (nSPS) is 10.9. The molecule has 0 unspecified atom stereocenters. The molecule has 0 saturated carbocycles. The predicted molar refractivity (Wildman–Crippen MR) is 61.1 cm³/mol. The standard InChI is InChI=1S/C9H6BrClOS/c10-3-5-1-6(11)9-7(12)4-13-8(9)2-5/h1-2,4,12H,3H2. The molecule has 0 bridgehead atoms. The third-order valence-electron chi connectivity index (χ3n) is 1.82. The van der Waals surface area contributed by atoms with Gasteiger partial charge in [-0.1, -0.05) is 27.5 Å². The Morgan fingerprint density at radius 3 is 2.92 bits per heavy atom. The first-order valence-electron chi connectivity index (χ1n) is 3.67. The summed E-state index contributed by atoms with van der Waals surface area (Å²) in [6.45, 7) is 0. The third-order valence-corrected chi connectivity index (χ3v) is 3.68. The quantitative estimate of drug-likeness (QED) is 0.776. The van der Waals surface area contributed by atoms with E-state index in [1.807, 2.05) is 12.1 Å². The van der Waals surface area contributed by atoms with Crippen molar-refractivity contribution in [2.75, 3.05) is 0 Å². The monoisotopic (exact) mass is 276 g/mol. The van der Waals surface area contributed by atoms with Gasteiger partial charge in [-0.3, -0.25) is 0 Å². The van der Waals surface area contributed by atoms with Crippen molar-refractivity contribution in [3.05, 3.63) is 28.1 Å². The first-order chi connectivity index (χ1) is 6.22. The van der Waals surface area contributed by atoms with Gasteiger partial charge in [0, 0.05) is 15.4 Å². The molecular formula is C9H6BrClOS. The summed E-state index contributed by atoms with van der Waals surface area (Å²) in [5, 5.41) is 13.3. The molecule has 0 saturated heterocycles. The van der Waals surface area contributed by atoms with Gasteiger partial charge in [-0.15, -0.1) is 11.3 Å². The van der Waals surface area contributed by atoms with E-state index in [0.29, 0.717) is 5.02 Å². The molecule has 0 fully saturated rings. The van der Waals surface area contributed by atoms with Crippen LogP contribution >= 0.6 is 38.9 Å². The molecule has 0 radical (unpaired) electrons. The smallest absolute Gasteiger partial charge is 0.135 e. The minimum Gasteiger partial charge on any atom is -0.506 e. The average molecular weight is 278 g/mol. The summed E-state index contributed by atoms with van der Waals surface area (Å²) in [6.07, 6.45) is 0. The van der Waals surface area contributed by atoms with Gasteiger partial charge in [0.2, 0.25) is 0 Å². The summed E-state index contributed by atoms with van der Waals surface area (Å²) in [6, 6.07) is 3.89. The van der Waals surface area contributed by atoms with Gasteiger partial charge in [-0.25, -0.2) is 0 Å². The first kappa shape index (κ1) is 9.31. The summed E-state index contributed by atoms with van der Waals surface area (Å²) in [4.78, 5) is 0. The van der Waals surface area contributed by atoms with Gasteiger partial charge in [0.1, 0.15) is 5.75 Å². The molecule has 1 N–H and O–H groups in total. The van der Waals surface area contributed by atoms with E-state index >= 15 is 0 Å². The second kappa shape index (κ2) is 3.48. The van der Waals surface area contributed by atoms with Crippen LogP contribution < -0.4 is 0 Å². The van der Waals surface area contributed by atoms with Crippen LogP contribution in [0, 0.1) is 0 Å². The number of thiophene rings is 1. The Morgan fingerprint density at radius 2 is 2.23 bits per heavy atom. The highest BCUT2D eigenvalue weighted by Crippen LogP contribution is 2.37. The molecule has 1 aromatic carbocycles. The summed E-state index contributed by atoms with van der Waals surface area (Å²) < 4.78 is 1.03. The van der Waals surface area contributed by atoms with Crippen LogP contribution in [-0.2, 0) is 5.33 Å². The maximum Gasteiger partial charge on any atom is 0.135 e. The molecular weight excluding hydrogens is 272 g/mol. The lowest BCUT2D eigenvalue weighted by Gasteiger charge is -1.99. The molecule has 0 aliphatic heterocycles. The van der Waals surface area contributed by atoms with Crippen molar-refractivity contribution >= 4 is 49.0 Å². The number of fused-ring (bicyclic) bond motifs is 1. The van der Waals surface area contributed by atoms with Crippen molar-refractivity contribution in [1.29, 1.82) is 0 Å². The van der Waals surface area contributed by atoms with E-state index in [9.17, 15) is 5.11 Å². The number of rotatable bonds is 1. The van der Waals surface area contributed by atoms with Gasteiger partial charge in [-0.2, -0.15) is 0 Å². The second-order valence-electron chi connectivity index (χ2n) is 2.71. The van der Waals surface area contributed by atoms with Crippen LogP contribution in [0.2, 0.25) is 5.02 Å². The summed E-state index contributed by atoms with van der Waals surface area (Å²) in [5.41, 5.74) is 1.12. The van der Waals surface area contributed by atoms with Crippen molar-refractivity contribution in [2.24, 2.45) is 0 Å². The van der Waals surface area contributed by atoms with Crippen LogP contribution in [0.5, 0.6) is 5.75 Å². The molecule has 2 rings (SSSR count). The van der Waals surface area contributed by atoms with Crippen LogP contribution in [0.3, 0.4) is 0 Å². The molecule has 0 spiro atoms. The maximum absolute atomic E-state index is 9.47. The Kier molecular flexibility index (Phi) is 2.49.